The van der Waals surface area contributed by atoms with E-state index in [2.05, 4.69) is 15.3 Å². The standard InChI is InChI=1S/C21H18N4O3S2/c1-25(15-6-4-3-5-7-15)21(26)17-12-29-20-18(17)19(22-13-23-20)24-14-8-10-16(11-9-14)30(2,27)28/h3-13H,1-2H3,(H,22,23,24). The molecule has 2 aromatic carbocycles. The summed E-state index contributed by atoms with van der Waals surface area (Å²) >= 11 is 1.37. The van der Waals surface area contributed by atoms with Crippen molar-refractivity contribution in [3.05, 3.63) is 71.9 Å². The van der Waals surface area contributed by atoms with Crippen LogP contribution in [0, 0.1) is 0 Å². The van der Waals surface area contributed by atoms with Gasteiger partial charge in [-0.05, 0) is 36.4 Å². The number of hydrogen-bond donors (Lipinski definition) is 1. The Hall–Kier alpha value is -3.30. The molecule has 0 saturated heterocycles. The zero-order valence-electron chi connectivity index (χ0n) is 16.2. The number of amides is 1. The van der Waals surface area contributed by atoms with Crippen molar-refractivity contribution in [1.29, 1.82) is 0 Å². The number of nitrogens with one attached hydrogen (secondary N) is 1. The summed E-state index contributed by atoms with van der Waals surface area (Å²) in [5.41, 5.74) is 1.94. The SMILES string of the molecule is CN(C(=O)c1csc2ncnc(Nc3ccc(S(C)(=O)=O)cc3)c12)c1ccccc1. The summed E-state index contributed by atoms with van der Waals surface area (Å²) in [6.45, 7) is 0. The van der Waals surface area contributed by atoms with Crippen molar-refractivity contribution in [2.45, 2.75) is 4.90 Å². The summed E-state index contributed by atoms with van der Waals surface area (Å²) < 4.78 is 23.3. The fourth-order valence-corrected chi connectivity index (χ4v) is 4.51. The second-order valence-electron chi connectivity index (χ2n) is 6.67. The maximum atomic E-state index is 13.2. The van der Waals surface area contributed by atoms with E-state index in [1.54, 1.807) is 29.5 Å². The molecule has 2 aromatic heterocycles. The second-order valence-corrected chi connectivity index (χ2v) is 9.55. The molecule has 0 spiro atoms. The molecule has 9 heteroatoms. The molecule has 1 N–H and O–H groups in total. The second kappa shape index (κ2) is 7.85. The number of anilines is 3. The maximum Gasteiger partial charge on any atom is 0.259 e. The maximum absolute atomic E-state index is 13.2. The third kappa shape index (κ3) is 3.89. The van der Waals surface area contributed by atoms with Gasteiger partial charge in [0, 0.05) is 30.1 Å². The first-order valence-electron chi connectivity index (χ1n) is 8.97. The van der Waals surface area contributed by atoms with Crippen molar-refractivity contribution in [2.24, 2.45) is 0 Å². The number of nitrogens with zero attached hydrogens (tertiary/aromatic N) is 3. The summed E-state index contributed by atoms with van der Waals surface area (Å²) in [5, 5.41) is 5.58. The number of para-hydroxylation sites is 1. The van der Waals surface area contributed by atoms with Crippen molar-refractivity contribution in [2.75, 3.05) is 23.5 Å². The van der Waals surface area contributed by atoms with Crippen LogP contribution in [-0.2, 0) is 9.84 Å². The Balaban J connectivity index is 1.70. The van der Waals surface area contributed by atoms with Gasteiger partial charge in [0.1, 0.15) is 17.0 Å². The van der Waals surface area contributed by atoms with Crippen molar-refractivity contribution in [3.63, 3.8) is 0 Å². The van der Waals surface area contributed by atoms with Crippen molar-refractivity contribution in [3.8, 4) is 0 Å². The molecule has 0 unspecified atom stereocenters. The first-order chi connectivity index (χ1) is 14.3. The van der Waals surface area contributed by atoms with Crippen LogP contribution in [0.2, 0.25) is 0 Å². The average molecular weight is 439 g/mol. The van der Waals surface area contributed by atoms with Crippen LogP contribution in [0.25, 0.3) is 10.2 Å². The molecule has 1 amide bonds. The van der Waals surface area contributed by atoms with Crippen molar-refractivity contribution in [1.82, 2.24) is 9.97 Å². The quantitative estimate of drug-likeness (QED) is 0.504. The number of benzene rings is 2. The molecule has 152 valence electrons. The van der Waals surface area contributed by atoms with E-state index < -0.39 is 9.84 Å². The molecule has 2 heterocycles. The van der Waals surface area contributed by atoms with Crippen LogP contribution in [0.1, 0.15) is 10.4 Å². The summed E-state index contributed by atoms with van der Waals surface area (Å²) in [6.07, 6.45) is 2.59. The van der Waals surface area contributed by atoms with Crippen LogP contribution in [0.3, 0.4) is 0 Å². The number of sulfone groups is 1. The minimum absolute atomic E-state index is 0.169. The van der Waals surface area contributed by atoms with Crippen LogP contribution < -0.4 is 10.2 Å². The van der Waals surface area contributed by atoms with Gasteiger partial charge >= 0.3 is 0 Å². The summed E-state index contributed by atoms with van der Waals surface area (Å²) in [6, 6.07) is 15.8. The van der Waals surface area contributed by atoms with Gasteiger partial charge in [-0.15, -0.1) is 11.3 Å². The molecule has 0 fully saturated rings. The normalized spacial score (nSPS) is 11.4. The highest BCUT2D eigenvalue weighted by molar-refractivity contribution is 7.90. The van der Waals surface area contributed by atoms with E-state index in [4.69, 9.17) is 0 Å². The van der Waals surface area contributed by atoms with E-state index >= 15 is 0 Å². The zero-order chi connectivity index (χ0) is 21.3. The summed E-state index contributed by atoms with van der Waals surface area (Å²) in [4.78, 5) is 24.3. The molecule has 7 nitrogen and oxygen atoms in total. The van der Waals surface area contributed by atoms with Crippen LogP contribution in [0.5, 0.6) is 0 Å². The third-order valence-corrected chi connectivity index (χ3v) is 6.61. The monoisotopic (exact) mass is 438 g/mol. The first-order valence-corrected chi connectivity index (χ1v) is 11.7. The minimum atomic E-state index is -3.27. The first kappa shape index (κ1) is 20.0. The van der Waals surface area contributed by atoms with E-state index in [0.29, 0.717) is 27.3 Å². The van der Waals surface area contributed by atoms with E-state index in [1.807, 2.05) is 30.3 Å². The van der Waals surface area contributed by atoms with Gasteiger partial charge in [-0.3, -0.25) is 4.79 Å². The molecule has 0 aliphatic rings. The fraction of sp³-hybridized carbons (Fsp3) is 0.0952. The predicted octanol–water partition coefficient (Wildman–Crippen LogP) is 4.12. The molecular formula is C21H18N4O3S2. The van der Waals surface area contributed by atoms with Gasteiger partial charge in [-0.1, -0.05) is 18.2 Å². The van der Waals surface area contributed by atoms with Crippen LogP contribution in [0.4, 0.5) is 17.2 Å². The van der Waals surface area contributed by atoms with Gasteiger partial charge in [0.05, 0.1) is 15.8 Å². The van der Waals surface area contributed by atoms with Crippen LogP contribution >= 0.6 is 11.3 Å². The van der Waals surface area contributed by atoms with E-state index in [0.717, 1.165) is 11.9 Å². The summed E-state index contributed by atoms with van der Waals surface area (Å²) in [7, 11) is -1.55. The van der Waals surface area contributed by atoms with Gasteiger partial charge in [0.2, 0.25) is 0 Å². The van der Waals surface area contributed by atoms with Gasteiger partial charge in [-0.2, -0.15) is 0 Å². The fourth-order valence-electron chi connectivity index (χ4n) is 3.00. The van der Waals surface area contributed by atoms with Gasteiger partial charge in [0.15, 0.2) is 9.84 Å². The highest BCUT2D eigenvalue weighted by atomic mass is 32.2. The molecule has 0 aliphatic heterocycles. The number of carbonyl (C=O) groups excluding carboxylic acids is 1. The molecule has 30 heavy (non-hydrogen) atoms. The Morgan fingerprint density at radius 2 is 1.73 bits per heavy atom. The predicted molar refractivity (Wildman–Crippen MR) is 119 cm³/mol. The van der Waals surface area contributed by atoms with Gasteiger partial charge in [0.25, 0.3) is 5.91 Å². The van der Waals surface area contributed by atoms with Crippen LogP contribution in [0.15, 0.2) is 71.2 Å². The Morgan fingerprint density at radius 3 is 2.40 bits per heavy atom. The topological polar surface area (TPSA) is 92.3 Å². The van der Waals surface area contributed by atoms with E-state index in [1.165, 1.54) is 29.8 Å². The molecule has 4 rings (SSSR count). The molecule has 4 aromatic rings. The number of thiophene rings is 1. The lowest BCUT2D eigenvalue weighted by Gasteiger charge is -2.17. The molecule has 0 radical (unpaired) electrons. The number of carbonyl (C=O) groups is 1. The number of hydrogen-bond acceptors (Lipinski definition) is 7. The lowest BCUT2D eigenvalue weighted by molar-refractivity contribution is 0.0995. The number of fused-ring (bicyclic) bond motifs is 1. The average Bonchev–Trinajstić information content (AvgIpc) is 3.18. The molecular weight excluding hydrogens is 420 g/mol. The van der Waals surface area contributed by atoms with Gasteiger partial charge < -0.3 is 10.2 Å². The lowest BCUT2D eigenvalue weighted by Crippen LogP contribution is -2.26. The zero-order valence-corrected chi connectivity index (χ0v) is 17.9. The highest BCUT2D eigenvalue weighted by Gasteiger charge is 2.21. The lowest BCUT2D eigenvalue weighted by atomic mass is 10.2. The molecule has 0 saturated carbocycles. The Labute approximate surface area is 177 Å². The molecule has 0 bridgehead atoms. The Bertz CT molecular complexity index is 1320. The minimum Gasteiger partial charge on any atom is -0.340 e. The van der Waals surface area contributed by atoms with Crippen LogP contribution in [-0.4, -0.2) is 37.6 Å². The highest BCUT2D eigenvalue weighted by Crippen LogP contribution is 2.32. The summed E-state index contributed by atoms with van der Waals surface area (Å²) in [5.74, 6) is 0.316. The van der Waals surface area contributed by atoms with E-state index in [9.17, 15) is 13.2 Å². The van der Waals surface area contributed by atoms with E-state index in [-0.39, 0.29) is 10.8 Å². The number of aromatic nitrogens is 2. The third-order valence-electron chi connectivity index (χ3n) is 4.59. The van der Waals surface area contributed by atoms with Crippen molar-refractivity contribution < 1.29 is 13.2 Å². The van der Waals surface area contributed by atoms with Gasteiger partial charge in [-0.25, -0.2) is 18.4 Å². The largest absolute Gasteiger partial charge is 0.340 e. The molecule has 0 aliphatic carbocycles. The van der Waals surface area contributed by atoms with Crippen molar-refractivity contribution >= 4 is 54.5 Å². The Morgan fingerprint density at radius 1 is 1.03 bits per heavy atom. The Kier molecular flexibility index (Phi) is 5.23. The molecule has 0 atom stereocenters. The number of rotatable bonds is 5. The smallest absolute Gasteiger partial charge is 0.259 e.